The third-order valence-corrected chi connectivity index (χ3v) is 7.06. The van der Waals surface area contributed by atoms with Crippen LogP contribution in [0.4, 0.5) is 0 Å². The van der Waals surface area contributed by atoms with E-state index in [9.17, 15) is 8.42 Å². The molecule has 0 radical (unpaired) electrons. The smallest absolute Gasteiger partial charge is 0.243 e. The van der Waals surface area contributed by atoms with E-state index in [-0.39, 0.29) is 5.92 Å². The van der Waals surface area contributed by atoms with Gasteiger partial charge in [0.05, 0.1) is 11.1 Å². The molecule has 3 aromatic rings. The van der Waals surface area contributed by atoms with Crippen LogP contribution >= 0.6 is 0 Å². The van der Waals surface area contributed by atoms with Crippen molar-refractivity contribution in [3.8, 4) is 11.1 Å². The van der Waals surface area contributed by atoms with E-state index in [1.54, 1.807) is 33.5 Å². The van der Waals surface area contributed by atoms with Gasteiger partial charge in [-0.25, -0.2) is 8.42 Å². The second-order valence-corrected chi connectivity index (χ2v) is 9.03. The lowest BCUT2D eigenvalue weighted by molar-refractivity contribution is 0.312. The van der Waals surface area contributed by atoms with Gasteiger partial charge in [0, 0.05) is 49.7 Å². The molecule has 1 aliphatic rings. The molecular weight excluding hydrogens is 362 g/mol. The van der Waals surface area contributed by atoms with Crippen LogP contribution < -0.4 is 0 Å². The number of rotatable bonds is 4. The number of aryl methyl sites for hydroxylation is 2. The number of piperidine rings is 1. The number of aromatic amines is 1. The van der Waals surface area contributed by atoms with E-state index in [2.05, 4.69) is 15.3 Å². The molecule has 0 amide bonds. The third-order valence-electron chi connectivity index (χ3n) is 5.20. The summed E-state index contributed by atoms with van der Waals surface area (Å²) in [6, 6.07) is 7.26. The van der Waals surface area contributed by atoms with Gasteiger partial charge in [0.1, 0.15) is 0 Å². The summed E-state index contributed by atoms with van der Waals surface area (Å²) in [7, 11) is -1.66. The molecule has 142 valence electrons. The SMILES string of the molecule is Cc1cc(S(=O)(=O)N2CCCC(c3ccn[nH]3)C2)ccc1-c1cnn(C)c1. The van der Waals surface area contributed by atoms with Crippen LogP contribution in [0.15, 0.2) is 47.8 Å². The molecule has 8 heteroatoms. The summed E-state index contributed by atoms with van der Waals surface area (Å²) in [5, 5.41) is 11.2. The minimum Gasteiger partial charge on any atom is -0.282 e. The highest BCUT2D eigenvalue weighted by Gasteiger charge is 2.31. The summed E-state index contributed by atoms with van der Waals surface area (Å²) in [4.78, 5) is 0.345. The monoisotopic (exact) mass is 385 g/mol. The Hall–Kier alpha value is -2.45. The standard InChI is InChI=1S/C19H23N5O2S/c1-14-10-17(5-6-18(14)16-11-21-23(2)12-16)27(25,26)24-9-3-4-15(13-24)19-7-8-20-22-19/h5-8,10-12,15H,3-4,9,13H2,1-2H3,(H,20,22). The van der Waals surface area contributed by atoms with E-state index in [0.29, 0.717) is 18.0 Å². The van der Waals surface area contributed by atoms with Gasteiger partial charge in [-0.2, -0.15) is 14.5 Å². The van der Waals surface area contributed by atoms with Crippen LogP contribution in [0.1, 0.15) is 30.0 Å². The van der Waals surface area contributed by atoms with Crippen LogP contribution in [0.2, 0.25) is 0 Å². The highest BCUT2D eigenvalue weighted by atomic mass is 32.2. The quantitative estimate of drug-likeness (QED) is 0.748. The molecule has 1 aliphatic heterocycles. The second kappa shape index (κ2) is 6.94. The zero-order chi connectivity index (χ0) is 19.0. The van der Waals surface area contributed by atoms with Crippen molar-refractivity contribution >= 4 is 10.0 Å². The van der Waals surface area contributed by atoms with E-state index in [0.717, 1.165) is 35.2 Å². The van der Waals surface area contributed by atoms with Crippen LogP contribution in [0.25, 0.3) is 11.1 Å². The Bertz CT molecular complexity index is 1040. The Labute approximate surface area is 159 Å². The van der Waals surface area contributed by atoms with E-state index in [1.165, 1.54) is 0 Å². The molecule has 1 aromatic carbocycles. The van der Waals surface area contributed by atoms with Crippen molar-refractivity contribution in [1.82, 2.24) is 24.3 Å². The first-order chi connectivity index (χ1) is 12.9. The molecule has 1 saturated heterocycles. The second-order valence-electron chi connectivity index (χ2n) is 7.09. The molecule has 0 bridgehead atoms. The van der Waals surface area contributed by atoms with Crippen molar-refractivity contribution < 1.29 is 8.42 Å². The highest BCUT2D eigenvalue weighted by Crippen LogP contribution is 2.31. The number of benzene rings is 1. The van der Waals surface area contributed by atoms with Crippen molar-refractivity contribution in [3.63, 3.8) is 0 Å². The van der Waals surface area contributed by atoms with Crippen molar-refractivity contribution in [3.05, 3.63) is 54.1 Å². The van der Waals surface area contributed by atoms with Crippen LogP contribution in [0.3, 0.4) is 0 Å². The van der Waals surface area contributed by atoms with Crippen LogP contribution in [0, 0.1) is 6.92 Å². The first kappa shape index (κ1) is 17.9. The minimum absolute atomic E-state index is 0.159. The summed E-state index contributed by atoms with van der Waals surface area (Å²) >= 11 is 0. The van der Waals surface area contributed by atoms with Gasteiger partial charge < -0.3 is 0 Å². The zero-order valence-corrected chi connectivity index (χ0v) is 16.3. The van der Waals surface area contributed by atoms with Gasteiger partial charge in [-0.3, -0.25) is 9.78 Å². The summed E-state index contributed by atoms with van der Waals surface area (Å²) in [5.41, 5.74) is 3.90. The maximum Gasteiger partial charge on any atom is 0.243 e. The van der Waals surface area contributed by atoms with Gasteiger partial charge in [-0.1, -0.05) is 6.07 Å². The average molecular weight is 385 g/mol. The summed E-state index contributed by atoms with van der Waals surface area (Å²) in [6.07, 6.45) is 7.23. The minimum atomic E-state index is -3.52. The molecule has 0 saturated carbocycles. The number of hydrogen-bond donors (Lipinski definition) is 1. The van der Waals surface area contributed by atoms with Crippen LogP contribution in [0.5, 0.6) is 0 Å². The Balaban J connectivity index is 1.61. The van der Waals surface area contributed by atoms with Crippen molar-refractivity contribution in [2.75, 3.05) is 13.1 Å². The molecule has 2 aromatic heterocycles. The largest absolute Gasteiger partial charge is 0.282 e. The van der Waals surface area contributed by atoms with E-state index < -0.39 is 10.0 Å². The predicted molar refractivity (Wildman–Crippen MR) is 103 cm³/mol. The van der Waals surface area contributed by atoms with E-state index in [1.807, 2.05) is 32.3 Å². The highest BCUT2D eigenvalue weighted by molar-refractivity contribution is 7.89. The maximum absolute atomic E-state index is 13.2. The molecule has 3 heterocycles. The molecule has 27 heavy (non-hydrogen) atoms. The van der Waals surface area contributed by atoms with Gasteiger partial charge in [-0.05, 0) is 49.1 Å². The first-order valence-corrected chi connectivity index (χ1v) is 10.5. The number of sulfonamides is 1. The number of nitrogens with zero attached hydrogens (tertiary/aromatic N) is 4. The van der Waals surface area contributed by atoms with E-state index >= 15 is 0 Å². The number of H-pyrrole nitrogens is 1. The zero-order valence-electron chi connectivity index (χ0n) is 15.5. The van der Waals surface area contributed by atoms with Crippen molar-refractivity contribution in [1.29, 1.82) is 0 Å². The third kappa shape index (κ3) is 3.42. The molecule has 1 atom stereocenters. The number of hydrogen-bond acceptors (Lipinski definition) is 4. The van der Waals surface area contributed by atoms with E-state index in [4.69, 9.17) is 0 Å². The lowest BCUT2D eigenvalue weighted by Crippen LogP contribution is -2.39. The summed E-state index contributed by atoms with van der Waals surface area (Å²) in [6.45, 7) is 2.97. The summed E-state index contributed by atoms with van der Waals surface area (Å²) < 4.78 is 29.7. The lowest BCUT2D eigenvalue weighted by Gasteiger charge is -2.31. The lowest BCUT2D eigenvalue weighted by atomic mass is 9.96. The van der Waals surface area contributed by atoms with Gasteiger partial charge >= 0.3 is 0 Å². The molecule has 1 N–H and O–H groups in total. The molecule has 1 unspecified atom stereocenters. The first-order valence-electron chi connectivity index (χ1n) is 9.04. The van der Waals surface area contributed by atoms with Gasteiger partial charge in [0.2, 0.25) is 10.0 Å². The average Bonchev–Trinajstić information content (AvgIpc) is 3.33. The fraction of sp³-hybridized carbons (Fsp3) is 0.368. The molecule has 0 aliphatic carbocycles. The number of aromatic nitrogens is 4. The Morgan fingerprint density at radius 2 is 2.11 bits per heavy atom. The summed E-state index contributed by atoms with van der Waals surface area (Å²) in [5.74, 6) is 0.159. The molecule has 0 spiro atoms. The van der Waals surface area contributed by atoms with Crippen LogP contribution in [-0.2, 0) is 17.1 Å². The van der Waals surface area contributed by atoms with Crippen molar-refractivity contribution in [2.24, 2.45) is 7.05 Å². The fourth-order valence-electron chi connectivity index (χ4n) is 3.74. The maximum atomic E-state index is 13.2. The Morgan fingerprint density at radius 1 is 1.26 bits per heavy atom. The topological polar surface area (TPSA) is 83.9 Å². The fourth-order valence-corrected chi connectivity index (χ4v) is 5.35. The molecular formula is C19H23N5O2S. The number of nitrogens with one attached hydrogen (secondary N) is 1. The molecule has 1 fully saturated rings. The molecule has 7 nitrogen and oxygen atoms in total. The van der Waals surface area contributed by atoms with Gasteiger partial charge in [0.25, 0.3) is 0 Å². The normalized spacial score (nSPS) is 18.7. The Kier molecular flexibility index (Phi) is 4.61. The van der Waals surface area contributed by atoms with Crippen molar-refractivity contribution in [2.45, 2.75) is 30.6 Å². The van der Waals surface area contributed by atoms with Gasteiger partial charge in [0.15, 0.2) is 0 Å². The molecule has 4 rings (SSSR count). The van der Waals surface area contributed by atoms with Gasteiger partial charge in [-0.15, -0.1) is 0 Å². The van der Waals surface area contributed by atoms with Crippen LogP contribution in [-0.4, -0.2) is 45.8 Å². The Morgan fingerprint density at radius 3 is 2.78 bits per heavy atom. The predicted octanol–water partition coefficient (Wildman–Crippen LogP) is 2.69.